The number of ether oxygens (including phenoxy) is 1. The van der Waals surface area contributed by atoms with Crippen LogP contribution in [0.4, 0.5) is 11.4 Å². The third-order valence-electron chi connectivity index (χ3n) is 3.17. The van der Waals surface area contributed by atoms with Crippen LogP contribution in [0.1, 0.15) is 0 Å². The second kappa shape index (κ2) is 7.84. The lowest BCUT2D eigenvalue weighted by molar-refractivity contribution is -0.114. The van der Waals surface area contributed by atoms with Crippen LogP contribution in [0.25, 0.3) is 0 Å². The number of methoxy groups -OCH3 is 1. The molecule has 0 aromatic heterocycles. The molecule has 2 aromatic rings. The Hall–Kier alpha value is -1.81. The number of halogens is 1. The molecule has 8 heteroatoms. The molecule has 0 aliphatic rings. The Bertz CT molecular complexity index is 822. The van der Waals surface area contributed by atoms with Gasteiger partial charge in [-0.15, -0.1) is 0 Å². The van der Waals surface area contributed by atoms with Crippen LogP contribution in [0.15, 0.2) is 48.5 Å². The van der Waals surface area contributed by atoms with Gasteiger partial charge in [-0.25, -0.2) is 8.42 Å². The molecule has 2 rings (SSSR count). The maximum atomic E-state index is 12.3. The topological polar surface area (TPSA) is 75.7 Å². The summed E-state index contributed by atoms with van der Waals surface area (Å²) in [5.41, 5.74) is 0.925. The number of carbonyl (C=O) groups is 1. The molecular weight excluding hydrogens is 443 g/mol. The molecule has 0 aliphatic carbocycles. The van der Waals surface area contributed by atoms with E-state index in [1.807, 2.05) is 12.1 Å². The molecular formula is C16H17IN2O4S. The SMILES string of the molecule is COc1ccccc1N(CC(=O)Nc1ccc(I)cc1)S(C)(=O)=O. The van der Waals surface area contributed by atoms with Crippen LogP contribution < -0.4 is 14.4 Å². The second-order valence-electron chi connectivity index (χ2n) is 5.00. The zero-order chi connectivity index (χ0) is 17.7. The van der Waals surface area contributed by atoms with Crippen molar-refractivity contribution in [3.05, 3.63) is 52.1 Å². The molecule has 1 amide bonds. The lowest BCUT2D eigenvalue weighted by Crippen LogP contribution is -2.37. The second-order valence-corrected chi connectivity index (χ2v) is 8.15. The maximum Gasteiger partial charge on any atom is 0.245 e. The lowest BCUT2D eigenvalue weighted by atomic mass is 10.3. The summed E-state index contributed by atoms with van der Waals surface area (Å²) in [6.07, 6.45) is 1.05. The molecule has 0 radical (unpaired) electrons. The molecule has 128 valence electrons. The third-order valence-corrected chi connectivity index (χ3v) is 5.02. The van der Waals surface area contributed by atoms with Crippen molar-refractivity contribution < 1.29 is 17.9 Å². The zero-order valence-corrected chi connectivity index (χ0v) is 16.2. The number of rotatable bonds is 6. The van der Waals surface area contributed by atoms with E-state index in [0.29, 0.717) is 17.1 Å². The monoisotopic (exact) mass is 460 g/mol. The van der Waals surface area contributed by atoms with E-state index in [9.17, 15) is 13.2 Å². The number of hydrogen-bond donors (Lipinski definition) is 1. The van der Waals surface area contributed by atoms with Gasteiger partial charge in [-0.05, 0) is 59.0 Å². The number of nitrogens with zero attached hydrogens (tertiary/aromatic N) is 1. The van der Waals surface area contributed by atoms with Gasteiger partial charge in [-0.3, -0.25) is 9.10 Å². The zero-order valence-electron chi connectivity index (χ0n) is 13.2. The number of para-hydroxylation sites is 2. The first kappa shape index (κ1) is 18.5. The fourth-order valence-corrected chi connectivity index (χ4v) is 3.30. The van der Waals surface area contributed by atoms with E-state index in [2.05, 4.69) is 27.9 Å². The summed E-state index contributed by atoms with van der Waals surface area (Å²) >= 11 is 2.16. The van der Waals surface area contributed by atoms with Crippen LogP contribution in [0.3, 0.4) is 0 Å². The van der Waals surface area contributed by atoms with Crippen LogP contribution in [0, 0.1) is 3.57 Å². The molecule has 0 bridgehead atoms. The average molecular weight is 460 g/mol. The molecule has 0 heterocycles. The van der Waals surface area contributed by atoms with E-state index in [0.717, 1.165) is 14.1 Å². The normalized spacial score (nSPS) is 11.0. The van der Waals surface area contributed by atoms with Crippen molar-refractivity contribution in [2.45, 2.75) is 0 Å². The van der Waals surface area contributed by atoms with E-state index < -0.39 is 15.9 Å². The van der Waals surface area contributed by atoms with E-state index >= 15 is 0 Å². The highest BCUT2D eigenvalue weighted by Crippen LogP contribution is 2.29. The highest BCUT2D eigenvalue weighted by molar-refractivity contribution is 14.1. The smallest absolute Gasteiger partial charge is 0.245 e. The predicted octanol–water partition coefficient (Wildman–Crippen LogP) is 2.70. The first-order valence-electron chi connectivity index (χ1n) is 6.97. The molecule has 0 saturated heterocycles. The van der Waals surface area contributed by atoms with Crippen molar-refractivity contribution in [2.75, 3.05) is 29.5 Å². The van der Waals surface area contributed by atoms with Crippen molar-refractivity contribution in [3.63, 3.8) is 0 Å². The number of hydrogen-bond acceptors (Lipinski definition) is 4. The molecule has 0 fully saturated rings. The summed E-state index contributed by atoms with van der Waals surface area (Å²) in [6.45, 7) is -0.342. The molecule has 24 heavy (non-hydrogen) atoms. The Morgan fingerprint density at radius 1 is 1.17 bits per heavy atom. The first-order chi connectivity index (χ1) is 11.3. The molecule has 6 nitrogen and oxygen atoms in total. The van der Waals surface area contributed by atoms with Gasteiger partial charge < -0.3 is 10.1 Å². The molecule has 0 unspecified atom stereocenters. The van der Waals surface area contributed by atoms with Crippen molar-refractivity contribution >= 4 is 49.9 Å². The quantitative estimate of drug-likeness (QED) is 0.673. The summed E-state index contributed by atoms with van der Waals surface area (Å²) in [4.78, 5) is 12.3. The van der Waals surface area contributed by atoms with Crippen LogP contribution >= 0.6 is 22.6 Å². The highest BCUT2D eigenvalue weighted by atomic mass is 127. The van der Waals surface area contributed by atoms with Gasteiger partial charge >= 0.3 is 0 Å². The predicted molar refractivity (Wildman–Crippen MR) is 103 cm³/mol. The molecule has 0 spiro atoms. The molecule has 1 N–H and O–H groups in total. The van der Waals surface area contributed by atoms with Crippen molar-refractivity contribution in [2.24, 2.45) is 0 Å². The van der Waals surface area contributed by atoms with Gasteiger partial charge in [0, 0.05) is 9.26 Å². The standard InChI is InChI=1S/C16H17IN2O4S/c1-23-15-6-4-3-5-14(15)19(24(2,21)22)11-16(20)18-13-9-7-12(17)8-10-13/h3-10H,11H2,1-2H3,(H,18,20). The van der Waals surface area contributed by atoms with Crippen LogP contribution in [-0.4, -0.2) is 34.2 Å². The average Bonchev–Trinajstić information content (AvgIpc) is 2.54. The van der Waals surface area contributed by atoms with E-state index in [-0.39, 0.29) is 6.54 Å². The summed E-state index contributed by atoms with van der Waals surface area (Å²) in [7, 11) is -2.20. The van der Waals surface area contributed by atoms with Gasteiger partial charge in [0.1, 0.15) is 12.3 Å². The van der Waals surface area contributed by atoms with Crippen LogP contribution in [-0.2, 0) is 14.8 Å². The number of benzene rings is 2. The van der Waals surface area contributed by atoms with Crippen LogP contribution in [0.2, 0.25) is 0 Å². The van der Waals surface area contributed by atoms with Gasteiger partial charge in [0.05, 0.1) is 19.1 Å². The fourth-order valence-electron chi connectivity index (χ4n) is 2.08. The third kappa shape index (κ3) is 4.84. The number of carbonyl (C=O) groups excluding carboxylic acids is 1. The van der Waals surface area contributed by atoms with Crippen molar-refractivity contribution in [1.29, 1.82) is 0 Å². The number of anilines is 2. The summed E-state index contributed by atoms with van der Waals surface area (Å²) in [5, 5.41) is 2.69. The Morgan fingerprint density at radius 2 is 1.79 bits per heavy atom. The Kier molecular flexibility index (Phi) is 6.05. The summed E-state index contributed by atoms with van der Waals surface area (Å²) in [5.74, 6) is -0.0578. The molecule has 0 aliphatic heterocycles. The fraction of sp³-hybridized carbons (Fsp3) is 0.188. The first-order valence-corrected chi connectivity index (χ1v) is 9.90. The summed E-state index contributed by atoms with van der Waals surface area (Å²) in [6, 6.07) is 13.9. The summed E-state index contributed by atoms with van der Waals surface area (Å²) < 4.78 is 31.5. The minimum atomic E-state index is -3.65. The van der Waals surface area contributed by atoms with Gasteiger partial charge in [-0.2, -0.15) is 0 Å². The van der Waals surface area contributed by atoms with Crippen molar-refractivity contribution in [1.82, 2.24) is 0 Å². The van der Waals surface area contributed by atoms with E-state index in [4.69, 9.17) is 4.74 Å². The molecule has 0 saturated carbocycles. The van der Waals surface area contributed by atoms with Gasteiger partial charge in [0.2, 0.25) is 15.9 Å². The van der Waals surface area contributed by atoms with Gasteiger partial charge in [0.15, 0.2) is 0 Å². The van der Waals surface area contributed by atoms with Crippen molar-refractivity contribution in [3.8, 4) is 5.75 Å². The Labute approximate surface area is 155 Å². The number of nitrogens with one attached hydrogen (secondary N) is 1. The largest absolute Gasteiger partial charge is 0.495 e. The van der Waals surface area contributed by atoms with Gasteiger partial charge in [-0.1, -0.05) is 12.1 Å². The van der Waals surface area contributed by atoms with E-state index in [1.165, 1.54) is 7.11 Å². The molecule has 2 aromatic carbocycles. The Morgan fingerprint density at radius 3 is 2.38 bits per heavy atom. The molecule has 0 atom stereocenters. The number of sulfonamides is 1. The van der Waals surface area contributed by atoms with Gasteiger partial charge in [0.25, 0.3) is 0 Å². The Balaban J connectivity index is 2.23. The maximum absolute atomic E-state index is 12.3. The minimum absolute atomic E-state index is 0.320. The highest BCUT2D eigenvalue weighted by Gasteiger charge is 2.23. The lowest BCUT2D eigenvalue weighted by Gasteiger charge is -2.23. The minimum Gasteiger partial charge on any atom is -0.495 e. The van der Waals surface area contributed by atoms with E-state index in [1.54, 1.807) is 36.4 Å². The van der Waals surface area contributed by atoms with Crippen LogP contribution in [0.5, 0.6) is 5.75 Å². The number of amides is 1.